The molecular weight excluding hydrogens is 270 g/mol. The van der Waals surface area contributed by atoms with E-state index in [2.05, 4.69) is 15.0 Å². The molecule has 0 unspecified atom stereocenters. The SMILES string of the molecule is CC(C)(C)NC(=O)CNS(=O)(=O)c1c[nH]ccc1=O. The van der Waals surface area contributed by atoms with Gasteiger partial charge < -0.3 is 10.3 Å². The van der Waals surface area contributed by atoms with Crippen molar-refractivity contribution < 1.29 is 13.2 Å². The van der Waals surface area contributed by atoms with Crippen molar-refractivity contribution in [2.24, 2.45) is 0 Å². The molecule has 0 radical (unpaired) electrons. The first-order valence-electron chi connectivity index (χ1n) is 5.59. The number of hydrogen-bond donors (Lipinski definition) is 3. The molecule has 0 saturated carbocycles. The van der Waals surface area contributed by atoms with Crippen LogP contribution in [-0.2, 0) is 14.8 Å². The fourth-order valence-electron chi connectivity index (χ4n) is 1.31. The average molecular weight is 287 g/mol. The summed E-state index contributed by atoms with van der Waals surface area (Å²) in [6.07, 6.45) is 2.40. The Kier molecular flexibility index (Phi) is 4.48. The number of amides is 1. The summed E-state index contributed by atoms with van der Waals surface area (Å²) in [6.45, 7) is 4.91. The number of hydrogen-bond acceptors (Lipinski definition) is 4. The molecule has 0 fully saturated rings. The van der Waals surface area contributed by atoms with Gasteiger partial charge in [0.1, 0.15) is 4.90 Å². The van der Waals surface area contributed by atoms with E-state index < -0.39 is 38.3 Å². The molecule has 0 aliphatic carbocycles. The molecule has 106 valence electrons. The Morgan fingerprint density at radius 2 is 2.00 bits per heavy atom. The summed E-state index contributed by atoms with van der Waals surface area (Å²) in [6, 6.07) is 1.10. The molecule has 1 amide bonds. The molecule has 0 spiro atoms. The third-order valence-electron chi connectivity index (χ3n) is 2.01. The Balaban J connectivity index is 2.75. The van der Waals surface area contributed by atoms with E-state index in [0.717, 1.165) is 12.3 Å². The van der Waals surface area contributed by atoms with Crippen molar-refractivity contribution in [2.45, 2.75) is 31.2 Å². The number of aromatic nitrogens is 1. The molecule has 0 aromatic carbocycles. The fourth-order valence-corrected chi connectivity index (χ4v) is 2.34. The van der Waals surface area contributed by atoms with Crippen LogP contribution in [0, 0.1) is 0 Å². The summed E-state index contributed by atoms with van der Waals surface area (Å²) in [4.78, 5) is 25.0. The highest BCUT2D eigenvalue weighted by Crippen LogP contribution is 2.00. The predicted octanol–water partition coefficient (Wildman–Crippen LogP) is -0.432. The van der Waals surface area contributed by atoms with Crippen molar-refractivity contribution in [3.05, 3.63) is 28.7 Å². The van der Waals surface area contributed by atoms with E-state index in [-0.39, 0.29) is 0 Å². The van der Waals surface area contributed by atoms with Crippen LogP contribution >= 0.6 is 0 Å². The number of H-pyrrole nitrogens is 1. The van der Waals surface area contributed by atoms with Gasteiger partial charge in [0.2, 0.25) is 21.4 Å². The lowest BCUT2D eigenvalue weighted by Crippen LogP contribution is -2.46. The quantitative estimate of drug-likeness (QED) is 0.698. The minimum atomic E-state index is -4.00. The molecule has 1 heterocycles. The van der Waals surface area contributed by atoms with Crippen LogP contribution in [0.3, 0.4) is 0 Å². The number of carbonyl (C=O) groups is 1. The van der Waals surface area contributed by atoms with Crippen LogP contribution in [0.1, 0.15) is 20.8 Å². The van der Waals surface area contributed by atoms with E-state index in [9.17, 15) is 18.0 Å². The summed E-state index contributed by atoms with van der Waals surface area (Å²) >= 11 is 0. The minimum Gasteiger partial charge on any atom is -0.366 e. The van der Waals surface area contributed by atoms with Crippen molar-refractivity contribution in [2.75, 3.05) is 6.54 Å². The van der Waals surface area contributed by atoms with Gasteiger partial charge in [-0.2, -0.15) is 0 Å². The van der Waals surface area contributed by atoms with Gasteiger partial charge in [0.25, 0.3) is 0 Å². The van der Waals surface area contributed by atoms with Crippen LogP contribution in [0.4, 0.5) is 0 Å². The number of carbonyl (C=O) groups excluding carboxylic acids is 1. The van der Waals surface area contributed by atoms with Crippen LogP contribution in [-0.4, -0.2) is 31.4 Å². The Labute approximate surface area is 111 Å². The number of sulfonamides is 1. The smallest absolute Gasteiger partial charge is 0.246 e. The van der Waals surface area contributed by atoms with Gasteiger partial charge in [-0.25, -0.2) is 13.1 Å². The first-order valence-corrected chi connectivity index (χ1v) is 7.08. The lowest BCUT2D eigenvalue weighted by Gasteiger charge is -2.20. The van der Waals surface area contributed by atoms with E-state index in [1.54, 1.807) is 20.8 Å². The minimum absolute atomic E-state index is 0.418. The van der Waals surface area contributed by atoms with Crippen molar-refractivity contribution in [1.82, 2.24) is 15.0 Å². The van der Waals surface area contributed by atoms with Crippen LogP contribution < -0.4 is 15.5 Å². The highest BCUT2D eigenvalue weighted by atomic mass is 32.2. The molecule has 0 bridgehead atoms. The second kappa shape index (κ2) is 5.54. The molecule has 1 rings (SSSR count). The fraction of sp³-hybridized carbons (Fsp3) is 0.455. The molecule has 0 atom stereocenters. The monoisotopic (exact) mass is 287 g/mol. The summed E-state index contributed by atoms with van der Waals surface area (Å²) in [5.41, 5.74) is -1.09. The molecule has 0 saturated heterocycles. The Morgan fingerprint density at radius 1 is 1.37 bits per heavy atom. The second-order valence-electron chi connectivity index (χ2n) is 5.00. The zero-order valence-corrected chi connectivity index (χ0v) is 11.8. The zero-order valence-electron chi connectivity index (χ0n) is 11.0. The maximum absolute atomic E-state index is 11.8. The van der Waals surface area contributed by atoms with Gasteiger partial charge in [-0.1, -0.05) is 0 Å². The zero-order chi connectivity index (χ0) is 14.7. The van der Waals surface area contributed by atoms with E-state index >= 15 is 0 Å². The molecule has 3 N–H and O–H groups in total. The Hall–Kier alpha value is -1.67. The van der Waals surface area contributed by atoms with Crippen LogP contribution in [0.25, 0.3) is 0 Å². The number of aromatic amines is 1. The molecule has 0 aliphatic heterocycles. The van der Waals surface area contributed by atoms with E-state index in [1.807, 2.05) is 0 Å². The van der Waals surface area contributed by atoms with Crippen LogP contribution in [0.2, 0.25) is 0 Å². The lowest BCUT2D eigenvalue weighted by atomic mass is 10.1. The van der Waals surface area contributed by atoms with Gasteiger partial charge in [-0.05, 0) is 20.8 Å². The van der Waals surface area contributed by atoms with Crippen molar-refractivity contribution in [3.8, 4) is 0 Å². The van der Waals surface area contributed by atoms with Crippen molar-refractivity contribution in [3.63, 3.8) is 0 Å². The molecule has 7 nitrogen and oxygen atoms in total. The topological polar surface area (TPSA) is 108 Å². The molecule has 8 heteroatoms. The van der Waals surface area contributed by atoms with Gasteiger partial charge in [-0.15, -0.1) is 0 Å². The highest BCUT2D eigenvalue weighted by Gasteiger charge is 2.20. The third kappa shape index (κ3) is 4.84. The highest BCUT2D eigenvalue weighted by molar-refractivity contribution is 7.89. The van der Waals surface area contributed by atoms with Gasteiger partial charge in [-0.3, -0.25) is 9.59 Å². The van der Waals surface area contributed by atoms with E-state index in [1.165, 1.54) is 6.20 Å². The Morgan fingerprint density at radius 3 is 2.53 bits per heavy atom. The molecule has 1 aromatic rings. The largest absolute Gasteiger partial charge is 0.366 e. The third-order valence-corrected chi connectivity index (χ3v) is 3.44. The number of nitrogens with one attached hydrogen (secondary N) is 3. The van der Waals surface area contributed by atoms with Crippen molar-refractivity contribution >= 4 is 15.9 Å². The molecule has 1 aromatic heterocycles. The standard InChI is InChI=1S/C11H17N3O4S/c1-11(2,3)14-10(16)7-13-19(17,18)9-6-12-5-4-8(9)15/h4-6,13H,7H2,1-3H3,(H,12,15)(H,14,16). The first kappa shape index (κ1) is 15.4. The van der Waals surface area contributed by atoms with Gasteiger partial charge in [0.05, 0.1) is 6.54 Å². The lowest BCUT2D eigenvalue weighted by molar-refractivity contribution is -0.121. The maximum atomic E-state index is 11.8. The predicted molar refractivity (Wildman–Crippen MR) is 70.1 cm³/mol. The second-order valence-corrected chi connectivity index (χ2v) is 6.73. The van der Waals surface area contributed by atoms with Crippen LogP contribution in [0.15, 0.2) is 28.2 Å². The first-order chi connectivity index (χ1) is 8.62. The van der Waals surface area contributed by atoms with E-state index in [0.29, 0.717) is 0 Å². The average Bonchev–Trinajstić information content (AvgIpc) is 2.24. The maximum Gasteiger partial charge on any atom is 0.246 e. The van der Waals surface area contributed by atoms with Crippen LogP contribution in [0.5, 0.6) is 0 Å². The molecular formula is C11H17N3O4S. The summed E-state index contributed by atoms with van der Waals surface area (Å²) < 4.78 is 25.7. The molecule has 0 aliphatic rings. The molecule has 19 heavy (non-hydrogen) atoms. The van der Waals surface area contributed by atoms with Crippen molar-refractivity contribution in [1.29, 1.82) is 0 Å². The normalized spacial score (nSPS) is 12.2. The number of pyridine rings is 1. The Bertz CT molecular complexity index is 613. The van der Waals surface area contributed by atoms with Gasteiger partial charge in [0, 0.05) is 24.0 Å². The summed E-state index contributed by atoms with van der Waals surface area (Å²) in [5, 5.41) is 2.61. The number of rotatable bonds is 4. The van der Waals surface area contributed by atoms with Gasteiger partial charge >= 0.3 is 0 Å². The summed E-state index contributed by atoms with van der Waals surface area (Å²) in [7, 11) is -4.00. The van der Waals surface area contributed by atoms with Gasteiger partial charge in [0.15, 0.2) is 0 Å². The summed E-state index contributed by atoms with van der Waals surface area (Å²) in [5.74, 6) is -0.469. The van der Waals surface area contributed by atoms with E-state index in [4.69, 9.17) is 0 Å².